The molecule has 0 aliphatic carbocycles. The highest BCUT2D eigenvalue weighted by Gasteiger charge is 2.20. The topological polar surface area (TPSA) is 21.3 Å². The fraction of sp³-hybridized carbons (Fsp3) is 0.143. The van der Waals surface area contributed by atoms with Crippen LogP contribution in [0.4, 0.5) is 10.1 Å². The van der Waals surface area contributed by atoms with Gasteiger partial charge in [0.15, 0.2) is 0 Å². The van der Waals surface area contributed by atoms with Gasteiger partial charge in [-0.05, 0) is 17.7 Å². The van der Waals surface area contributed by atoms with Gasteiger partial charge in [-0.1, -0.05) is 30.3 Å². The van der Waals surface area contributed by atoms with Gasteiger partial charge in [-0.15, -0.1) is 0 Å². The van der Waals surface area contributed by atoms with E-state index in [0.29, 0.717) is 12.3 Å². The fourth-order valence-corrected chi connectivity index (χ4v) is 1.99. The Morgan fingerprint density at radius 1 is 1.12 bits per heavy atom. The van der Waals surface area contributed by atoms with Gasteiger partial charge < -0.3 is 10.1 Å². The lowest BCUT2D eigenvalue weighted by Crippen LogP contribution is -2.23. The zero-order chi connectivity index (χ0) is 11.7. The maximum Gasteiger partial charge on any atom is 0.146 e. The van der Waals surface area contributed by atoms with E-state index in [2.05, 4.69) is 5.32 Å². The molecule has 0 fully saturated rings. The van der Waals surface area contributed by atoms with Crippen LogP contribution in [0.2, 0.25) is 0 Å². The van der Waals surface area contributed by atoms with Crippen LogP contribution in [-0.2, 0) is 0 Å². The van der Waals surface area contributed by atoms with Crippen LogP contribution in [0.3, 0.4) is 0 Å². The van der Waals surface area contributed by atoms with Gasteiger partial charge in [-0.2, -0.15) is 0 Å². The molecule has 1 aliphatic rings. The van der Waals surface area contributed by atoms with Gasteiger partial charge in [-0.25, -0.2) is 4.39 Å². The molecule has 0 spiro atoms. The second-order valence-corrected chi connectivity index (χ2v) is 4.04. The van der Waals surface area contributed by atoms with Crippen molar-refractivity contribution in [3.63, 3.8) is 0 Å². The van der Waals surface area contributed by atoms with Crippen LogP contribution in [-0.4, -0.2) is 6.54 Å². The molecular weight excluding hydrogens is 217 g/mol. The molecule has 0 amide bonds. The summed E-state index contributed by atoms with van der Waals surface area (Å²) in [6.45, 7) is 0.697. The van der Waals surface area contributed by atoms with Crippen molar-refractivity contribution in [1.29, 1.82) is 0 Å². The van der Waals surface area contributed by atoms with Crippen molar-refractivity contribution in [3.05, 3.63) is 59.9 Å². The molecule has 3 rings (SSSR count). The predicted octanol–water partition coefficient (Wildman–Crippen LogP) is 3.37. The largest absolute Gasteiger partial charge is 0.482 e. The highest BCUT2D eigenvalue weighted by molar-refractivity contribution is 5.58. The summed E-state index contributed by atoms with van der Waals surface area (Å²) >= 11 is 0. The molecule has 17 heavy (non-hydrogen) atoms. The van der Waals surface area contributed by atoms with E-state index in [4.69, 9.17) is 4.74 Å². The van der Waals surface area contributed by atoms with E-state index in [-0.39, 0.29) is 11.9 Å². The third-order valence-corrected chi connectivity index (χ3v) is 2.86. The molecule has 0 radical (unpaired) electrons. The molecule has 0 aromatic heterocycles. The number of hydrogen-bond acceptors (Lipinski definition) is 2. The number of halogens is 1. The summed E-state index contributed by atoms with van der Waals surface area (Å²) in [5.41, 5.74) is 1.94. The molecule has 1 atom stereocenters. The van der Waals surface area contributed by atoms with Gasteiger partial charge in [0.1, 0.15) is 17.7 Å². The van der Waals surface area contributed by atoms with Gasteiger partial charge in [0.25, 0.3) is 0 Å². The second kappa shape index (κ2) is 4.09. The lowest BCUT2D eigenvalue weighted by atomic mass is 10.1. The first-order valence-electron chi connectivity index (χ1n) is 5.58. The lowest BCUT2D eigenvalue weighted by molar-refractivity contribution is 0.209. The van der Waals surface area contributed by atoms with Crippen molar-refractivity contribution in [1.82, 2.24) is 0 Å². The summed E-state index contributed by atoms with van der Waals surface area (Å²) in [6, 6.07) is 14.5. The average molecular weight is 229 g/mol. The third-order valence-electron chi connectivity index (χ3n) is 2.86. The Hall–Kier alpha value is -2.03. The molecule has 1 heterocycles. The fourth-order valence-electron chi connectivity index (χ4n) is 1.99. The molecule has 2 aromatic rings. The van der Waals surface area contributed by atoms with Crippen molar-refractivity contribution in [2.24, 2.45) is 0 Å². The summed E-state index contributed by atoms with van der Waals surface area (Å²) in [5, 5.41) is 3.25. The summed E-state index contributed by atoms with van der Waals surface area (Å²) < 4.78 is 18.9. The summed E-state index contributed by atoms with van der Waals surface area (Å²) in [6.07, 6.45) is -0.0644. The Kier molecular flexibility index (Phi) is 2.44. The zero-order valence-corrected chi connectivity index (χ0v) is 9.19. The summed E-state index contributed by atoms with van der Waals surface area (Å²) in [7, 11) is 0. The Bertz CT molecular complexity index is 527. The Morgan fingerprint density at radius 3 is 2.76 bits per heavy atom. The first kappa shape index (κ1) is 10.1. The molecule has 1 N–H and O–H groups in total. The number of nitrogens with one attached hydrogen (secondary N) is 1. The van der Waals surface area contributed by atoms with E-state index in [1.165, 1.54) is 12.1 Å². The first-order valence-corrected chi connectivity index (χ1v) is 5.58. The van der Waals surface area contributed by atoms with Crippen molar-refractivity contribution in [2.75, 3.05) is 11.9 Å². The third kappa shape index (κ3) is 1.96. The van der Waals surface area contributed by atoms with Crippen molar-refractivity contribution >= 4 is 5.69 Å². The molecule has 1 unspecified atom stereocenters. The van der Waals surface area contributed by atoms with Gasteiger partial charge in [0.2, 0.25) is 0 Å². The quantitative estimate of drug-likeness (QED) is 0.809. The van der Waals surface area contributed by atoms with Gasteiger partial charge in [-0.3, -0.25) is 0 Å². The van der Waals surface area contributed by atoms with Crippen molar-refractivity contribution in [3.8, 4) is 5.75 Å². The Morgan fingerprint density at radius 2 is 1.94 bits per heavy atom. The molecule has 3 heteroatoms. The van der Waals surface area contributed by atoms with Crippen LogP contribution < -0.4 is 10.1 Å². The number of rotatable bonds is 1. The average Bonchev–Trinajstić information content (AvgIpc) is 2.39. The minimum Gasteiger partial charge on any atom is -0.482 e. The van der Waals surface area contributed by atoms with Gasteiger partial charge >= 0.3 is 0 Å². The van der Waals surface area contributed by atoms with E-state index in [1.54, 1.807) is 6.07 Å². The lowest BCUT2D eigenvalue weighted by Gasteiger charge is -2.27. The van der Waals surface area contributed by atoms with Crippen LogP contribution >= 0.6 is 0 Å². The minimum atomic E-state index is -0.278. The number of anilines is 1. The molecule has 0 saturated heterocycles. The normalized spacial score (nSPS) is 17.8. The van der Waals surface area contributed by atoms with Crippen LogP contribution in [0.5, 0.6) is 5.75 Å². The Balaban J connectivity index is 1.90. The van der Waals surface area contributed by atoms with Gasteiger partial charge in [0.05, 0.1) is 12.2 Å². The maximum atomic E-state index is 13.1. The number of benzene rings is 2. The summed E-state index contributed by atoms with van der Waals surface area (Å²) in [5.74, 6) is 0.296. The number of ether oxygens (including phenoxy) is 1. The number of hydrogen-bond donors (Lipinski definition) is 1. The minimum absolute atomic E-state index is 0.0644. The summed E-state index contributed by atoms with van der Waals surface area (Å²) in [4.78, 5) is 0. The molecule has 0 bridgehead atoms. The molecule has 2 aromatic carbocycles. The monoisotopic (exact) mass is 229 g/mol. The van der Waals surface area contributed by atoms with Crippen LogP contribution in [0.1, 0.15) is 11.7 Å². The highest BCUT2D eigenvalue weighted by atomic mass is 19.1. The van der Waals surface area contributed by atoms with E-state index in [9.17, 15) is 4.39 Å². The Labute approximate surface area is 99.0 Å². The van der Waals surface area contributed by atoms with E-state index < -0.39 is 0 Å². The highest BCUT2D eigenvalue weighted by Crippen LogP contribution is 2.34. The van der Waals surface area contributed by atoms with Gasteiger partial charge in [0, 0.05) is 6.07 Å². The smallest absolute Gasteiger partial charge is 0.146 e. The predicted molar refractivity (Wildman–Crippen MR) is 64.7 cm³/mol. The number of fused-ring (bicyclic) bond motifs is 1. The molecule has 0 saturated carbocycles. The van der Waals surface area contributed by atoms with Crippen LogP contribution in [0, 0.1) is 5.82 Å². The molecule has 86 valence electrons. The van der Waals surface area contributed by atoms with Crippen LogP contribution in [0.25, 0.3) is 0 Å². The van der Waals surface area contributed by atoms with E-state index in [1.807, 2.05) is 30.3 Å². The zero-order valence-electron chi connectivity index (χ0n) is 9.19. The molecule has 1 aliphatic heterocycles. The molecule has 2 nitrogen and oxygen atoms in total. The van der Waals surface area contributed by atoms with E-state index >= 15 is 0 Å². The van der Waals surface area contributed by atoms with E-state index in [0.717, 1.165) is 11.3 Å². The van der Waals surface area contributed by atoms with Crippen molar-refractivity contribution < 1.29 is 9.13 Å². The van der Waals surface area contributed by atoms with Crippen LogP contribution in [0.15, 0.2) is 48.5 Å². The SMILES string of the molecule is Fc1ccc2c(c1)OC(c1ccccc1)CN2. The second-order valence-electron chi connectivity index (χ2n) is 4.04. The standard InChI is InChI=1S/C14H12FNO/c15-11-6-7-12-13(8-11)17-14(9-16-12)10-4-2-1-3-5-10/h1-8,14,16H,9H2. The van der Waals surface area contributed by atoms with Crippen molar-refractivity contribution in [2.45, 2.75) is 6.10 Å². The first-order chi connectivity index (χ1) is 8.33. The maximum absolute atomic E-state index is 13.1. The molecular formula is C14H12FNO.